The summed E-state index contributed by atoms with van der Waals surface area (Å²) in [6, 6.07) is 7.06. The van der Waals surface area contributed by atoms with Crippen molar-refractivity contribution in [3.63, 3.8) is 0 Å². The molecule has 2 aromatic heterocycles. The number of nitrogens with one attached hydrogen (secondary N) is 1. The van der Waals surface area contributed by atoms with Crippen molar-refractivity contribution in [2.75, 3.05) is 17.7 Å². The van der Waals surface area contributed by atoms with Gasteiger partial charge < -0.3 is 14.8 Å². The zero-order chi connectivity index (χ0) is 24.8. The number of hydrogen-bond donors (Lipinski definition) is 1. The first kappa shape index (κ1) is 25.3. The molecule has 1 N–H and O–H groups in total. The number of anilines is 1. The molecule has 1 aliphatic rings. The number of ether oxygens (including phenoxy) is 2. The third-order valence-corrected chi connectivity index (χ3v) is 7.70. The number of halogens is 1. The van der Waals surface area contributed by atoms with Gasteiger partial charge in [-0.2, -0.15) is 0 Å². The zero-order valence-electron chi connectivity index (χ0n) is 19.2. The highest BCUT2D eigenvalue weighted by Crippen LogP contribution is 2.39. The van der Waals surface area contributed by atoms with Gasteiger partial charge in [-0.3, -0.25) is 9.36 Å². The average Bonchev–Trinajstić information content (AvgIpc) is 3.53. The number of benzene rings is 1. The Labute approximate surface area is 216 Å². The van der Waals surface area contributed by atoms with Gasteiger partial charge in [0.25, 0.3) is 0 Å². The molecular weight excluding hydrogens is 508 g/mol. The number of aromatic nitrogens is 3. The molecule has 184 valence electrons. The van der Waals surface area contributed by atoms with Crippen LogP contribution < -0.4 is 10.1 Å². The molecule has 0 bridgehead atoms. The molecule has 35 heavy (non-hydrogen) atoms. The molecule has 0 saturated heterocycles. The van der Waals surface area contributed by atoms with Gasteiger partial charge in [-0.1, -0.05) is 29.4 Å². The minimum atomic E-state index is -0.383. The number of carbonyl (C=O) groups is 2. The summed E-state index contributed by atoms with van der Waals surface area (Å²) >= 11 is 8.64. The summed E-state index contributed by atoms with van der Waals surface area (Å²) in [5.74, 6) is 0.773. The van der Waals surface area contributed by atoms with Gasteiger partial charge in [0.1, 0.15) is 17.4 Å². The van der Waals surface area contributed by atoms with Crippen LogP contribution in [0.3, 0.4) is 0 Å². The Morgan fingerprint density at radius 2 is 2.09 bits per heavy atom. The summed E-state index contributed by atoms with van der Waals surface area (Å²) in [6.45, 7) is 6.54. The Bertz CT molecular complexity index is 1220. The largest absolute Gasteiger partial charge is 0.486 e. The summed E-state index contributed by atoms with van der Waals surface area (Å²) in [5.41, 5.74) is 1.51. The molecule has 1 aliphatic carbocycles. The minimum absolute atomic E-state index is 0.109. The van der Waals surface area contributed by atoms with Crippen molar-refractivity contribution < 1.29 is 19.1 Å². The standard InChI is InChI=1S/C24H25ClN4O4S2/c1-3-12-29-19(13-33-16-10-8-15(25)9-11-16)27-28-24(29)34-14-20(30)26-22-21(23(31)32-4-2)17-6-5-7-18(17)35-22/h3,8-11H,1,4-7,12-14H2,2H3,(H,26,30). The topological polar surface area (TPSA) is 95.3 Å². The summed E-state index contributed by atoms with van der Waals surface area (Å²) in [4.78, 5) is 26.4. The van der Waals surface area contributed by atoms with Crippen molar-refractivity contribution in [3.8, 4) is 5.75 Å². The summed E-state index contributed by atoms with van der Waals surface area (Å²) in [7, 11) is 0. The molecule has 3 aromatic rings. The second-order valence-electron chi connectivity index (χ2n) is 7.66. The average molecular weight is 533 g/mol. The number of allylic oxidation sites excluding steroid dienone is 1. The van der Waals surface area contributed by atoms with Crippen LogP contribution in [-0.4, -0.2) is 39.0 Å². The molecule has 0 unspecified atom stereocenters. The van der Waals surface area contributed by atoms with Crippen LogP contribution in [0.5, 0.6) is 5.75 Å². The maximum atomic E-state index is 12.8. The number of aryl methyl sites for hydroxylation is 1. The number of fused-ring (bicyclic) bond motifs is 1. The van der Waals surface area contributed by atoms with E-state index in [-0.39, 0.29) is 30.8 Å². The normalized spacial score (nSPS) is 12.3. The lowest BCUT2D eigenvalue weighted by Gasteiger charge is -2.10. The van der Waals surface area contributed by atoms with Gasteiger partial charge in [-0.25, -0.2) is 4.79 Å². The van der Waals surface area contributed by atoms with Crippen molar-refractivity contribution in [2.24, 2.45) is 0 Å². The van der Waals surface area contributed by atoms with Gasteiger partial charge in [0.15, 0.2) is 11.0 Å². The van der Waals surface area contributed by atoms with Gasteiger partial charge in [-0.05, 0) is 56.0 Å². The van der Waals surface area contributed by atoms with Crippen LogP contribution in [0.25, 0.3) is 0 Å². The fraction of sp³-hybridized carbons (Fsp3) is 0.333. The van der Waals surface area contributed by atoms with Crippen LogP contribution in [0.2, 0.25) is 5.02 Å². The number of nitrogens with zero attached hydrogens (tertiary/aromatic N) is 3. The molecule has 1 amide bonds. The number of thiophene rings is 1. The highest BCUT2D eigenvalue weighted by molar-refractivity contribution is 7.99. The molecule has 0 spiro atoms. The zero-order valence-corrected chi connectivity index (χ0v) is 21.6. The summed E-state index contributed by atoms with van der Waals surface area (Å²) < 4.78 is 12.9. The van der Waals surface area contributed by atoms with E-state index in [1.807, 2.05) is 4.57 Å². The molecule has 11 heteroatoms. The van der Waals surface area contributed by atoms with Crippen molar-refractivity contribution >= 4 is 51.6 Å². The molecule has 2 heterocycles. The van der Waals surface area contributed by atoms with E-state index < -0.39 is 0 Å². The van der Waals surface area contributed by atoms with E-state index in [0.29, 0.717) is 38.9 Å². The molecule has 0 radical (unpaired) electrons. The molecule has 0 atom stereocenters. The summed E-state index contributed by atoms with van der Waals surface area (Å²) in [5, 5.41) is 13.1. The van der Waals surface area contributed by atoms with Crippen LogP contribution in [0.1, 0.15) is 40.0 Å². The molecular formula is C24H25ClN4O4S2. The molecule has 0 fully saturated rings. The second kappa shape index (κ2) is 11.7. The first-order valence-corrected chi connectivity index (χ1v) is 13.3. The highest BCUT2D eigenvalue weighted by atomic mass is 35.5. The Kier molecular flexibility index (Phi) is 8.48. The van der Waals surface area contributed by atoms with Gasteiger partial charge in [0.05, 0.1) is 17.9 Å². The lowest BCUT2D eigenvalue weighted by Crippen LogP contribution is -2.17. The smallest absolute Gasteiger partial charge is 0.341 e. The van der Waals surface area contributed by atoms with Crippen LogP contribution in [0.15, 0.2) is 42.1 Å². The van der Waals surface area contributed by atoms with E-state index >= 15 is 0 Å². The quantitative estimate of drug-likeness (QED) is 0.207. The molecule has 4 rings (SSSR count). The van der Waals surface area contributed by atoms with Gasteiger partial charge in [0, 0.05) is 16.4 Å². The maximum absolute atomic E-state index is 12.8. The Balaban J connectivity index is 1.40. The van der Waals surface area contributed by atoms with Crippen molar-refractivity contribution in [1.29, 1.82) is 0 Å². The van der Waals surface area contributed by atoms with E-state index in [4.69, 9.17) is 21.1 Å². The van der Waals surface area contributed by atoms with E-state index in [1.54, 1.807) is 37.3 Å². The van der Waals surface area contributed by atoms with E-state index in [9.17, 15) is 9.59 Å². The van der Waals surface area contributed by atoms with Crippen LogP contribution in [-0.2, 0) is 35.5 Å². The van der Waals surface area contributed by atoms with Crippen LogP contribution >= 0.6 is 34.7 Å². The minimum Gasteiger partial charge on any atom is -0.486 e. The fourth-order valence-electron chi connectivity index (χ4n) is 3.73. The number of carbonyl (C=O) groups excluding carboxylic acids is 2. The number of amides is 1. The predicted octanol–water partition coefficient (Wildman–Crippen LogP) is 5.15. The number of rotatable bonds is 11. The molecule has 8 nitrogen and oxygen atoms in total. The van der Waals surface area contributed by atoms with Crippen molar-refractivity contribution in [1.82, 2.24) is 14.8 Å². The Morgan fingerprint density at radius 1 is 1.29 bits per heavy atom. The lowest BCUT2D eigenvalue weighted by molar-refractivity contribution is -0.113. The lowest BCUT2D eigenvalue weighted by atomic mass is 10.1. The van der Waals surface area contributed by atoms with E-state index in [2.05, 4.69) is 22.1 Å². The Morgan fingerprint density at radius 3 is 2.83 bits per heavy atom. The first-order valence-electron chi connectivity index (χ1n) is 11.2. The molecule has 0 saturated carbocycles. The number of thioether (sulfide) groups is 1. The van der Waals surface area contributed by atoms with Gasteiger partial charge >= 0.3 is 5.97 Å². The van der Waals surface area contributed by atoms with E-state index in [0.717, 1.165) is 29.7 Å². The fourth-order valence-corrected chi connectivity index (χ4v) is 5.91. The molecule has 1 aromatic carbocycles. The van der Waals surface area contributed by atoms with Crippen LogP contribution in [0, 0.1) is 0 Å². The Hall–Kier alpha value is -2.82. The summed E-state index contributed by atoms with van der Waals surface area (Å²) in [6.07, 6.45) is 4.50. The SMILES string of the molecule is C=CCn1c(COc2ccc(Cl)cc2)nnc1SCC(=O)Nc1sc2c(c1C(=O)OCC)CCC2. The van der Waals surface area contributed by atoms with E-state index in [1.165, 1.54) is 23.1 Å². The van der Waals surface area contributed by atoms with Gasteiger partial charge in [-0.15, -0.1) is 28.1 Å². The van der Waals surface area contributed by atoms with Crippen molar-refractivity contribution in [2.45, 2.75) is 44.5 Å². The number of hydrogen-bond acceptors (Lipinski definition) is 8. The number of esters is 1. The second-order valence-corrected chi connectivity index (χ2v) is 10.1. The monoisotopic (exact) mass is 532 g/mol. The van der Waals surface area contributed by atoms with Gasteiger partial charge in [0.2, 0.25) is 5.91 Å². The third-order valence-electron chi connectivity index (χ3n) is 5.27. The maximum Gasteiger partial charge on any atom is 0.341 e. The predicted molar refractivity (Wildman–Crippen MR) is 138 cm³/mol. The highest BCUT2D eigenvalue weighted by Gasteiger charge is 2.28. The first-order chi connectivity index (χ1) is 17.0. The van der Waals surface area contributed by atoms with Crippen molar-refractivity contribution in [3.05, 3.63) is 63.8 Å². The van der Waals surface area contributed by atoms with Crippen LogP contribution in [0.4, 0.5) is 5.00 Å². The molecule has 0 aliphatic heterocycles. The third kappa shape index (κ3) is 6.06.